The van der Waals surface area contributed by atoms with Crippen LogP contribution in [0.2, 0.25) is 0 Å². The molecule has 1 aromatic rings. The lowest BCUT2D eigenvalue weighted by Crippen LogP contribution is -2.39. The predicted molar refractivity (Wildman–Crippen MR) is 110 cm³/mol. The summed E-state index contributed by atoms with van der Waals surface area (Å²) in [6.45, 7) is 1.90. The van der Waals surface area contributed by atoms with Crippen molar-refractivity contribution in [2.75, 3.05) is 38.1 Å². The standard InChI is InChI=1S/C20H30N2O4S/c1-14-10-17(25-3)18(26-4)11-16(14)21-19(23)12-27-13-20(24)22(2)15-8-6-5-7-9-15/h10-11,15H,5-9,12-13H2,1-4H3,(H,21,23). The molecule has 1 aliphatic rings. The molecule has 0 bridgehead atoms. The zero-order valence-corrected chi connectivity index (χ0v) is 17.5. The second-order valence-electron chi connectivity index (χ2n) is 6.86. The summed E-state index contributed by atoms with van der Waals surface area (Å²) in [5.74, 6) is 1.71. The summed E-state index contributed by atoms with van der Waals surface area (Å²) in [6, 6.07) is 3.93. The van der Waals surface area contributed by atoms with Gasteiger partial charge in [-0.25, -0.2) is 0 Å². The molecular weight excluding hydrogens is 364 g/mol. The molecular formula is C20H30N2O4S. The van der Waals surface area contributed by atoms with Gasteiger partial charge in [-0.05, 0) is 31.4 Å². The second kappa shape index (κ2) is 10.4. The van der Waals surface area contributed by atoms with Crippen molar-refractivity contribution in [1.29, 1.82) is 0 Å². The van der Waals surface area contributed by atoms with Crippen molar-refractivity contribution in [3.05, 3.63) is 17.7 Å². The van der Waals surface area contributed by atoms with Crippen LogP contribution in [0.3, 0.4) is 0 Å². The van der Waals surface area contributed by atoms with Crippen LogP contribution < -0.4 is 14.8 Å². The molecule has 0 spiro atoms. The number of methoxy groups -OCH3 is 2. The van der Waals surface area contributed by atoms with Crippen molar-refractivity contribution in [3.8, 4) is 11.5 Å². The van der Waals surface area contributed by atoms with Crippen molar-refractivity contribution in [2.45, 2.75) is 45.1 Å². The molecule has 0 atom stereocenters. The first-order valence-corrected chi connectivity index (χ1v) is 10.5. The summed E-state index contributed by atoms with van der Waals surface area (Å²) in [6.07, 6.45) is 5.84. The van der Waals surface area contributed by atoms with Crippen LogP contribution in [-0.4, -0.2) is 55.5 Å². The van der Waals surface area contributed by atoms with Gasteiger partial charge in [0.15, 0.2) is 11.5 Å². The van der Waals surface area contributed by atoms with E-state index in [4.69, 9.17) is 9.47 Å². The molecule has 0 radical (unpaired) electrons. The third-order valence-corrected chi connectivity index (χ3v) is 5.90. The van der Waals surface area contributed by atoms with Crippen LogP contribution in [0, 0.1) is 6.92 Å². The van der Waals surface area contributed by atoms with Crippen LogP contribution in [0.4, 0.5) is 5.69 Å². The summed E-state index contributed by atoms with van der Waals surface area (Å²) in [5.41, 5.74) is 1.57. The molecule has 6 nitrogen and oxygen atoms in total. The number of aryl methyl sites for hydroxylation is 1. The van der Waals surface area contributed by atoms with Crippen LogP contribution in [0.5, 0.6) is 11.5 Å². The van der Waals surface area contributed by atoms with E-state index in [0.717, 1.165) is 18.4 Å². The van der Waals surface area contributed by atoms with Crippen LogP contribution in [0.1, 0.15) is 37.7 Å². The minimum atomic E-state index is -0.136. The molecule has 150 valence electrons. The van der Waals surface area contributed by atoms with Crippen molar-refractivity contribution in [2.24, 2.45) is 0 Å². The Kier molecular flexibility index (Phi) is 8.28. The van der Waals surface area contributed by atoms with Gasteiger partial charge in [-0.1, -0.05) is 19.3 Å². The average molecular weight is 395 g/mol. The van der Waals surface area contributed by atoms with Gasteiger partial charge >= 0.3 is 0 Å². The number of carbonyl (C=O) groups excluding carboxylic acids is 2. The molecule has 0 aromatic heterocycles. The Morgan fingerprint density at radius 1 is 1.11 bits per heavy atom. The van der Waals surface area contributed by atoms with E-state index in [0.29, 0.717) is 29.0 Å². The number of nitrogens with zero attached hydrogens (tertiary/aromatic N) is 1. The first kappa shape index (κ1) is 21.4. The fourth-order valence-corrected chi connectivity index (χ4v) is 4.04. The SMILES string of the molecule is COc1cc(C)c(NC(=O)CSCC(=O)N(C)C2CCCCC2)cc1OC. The van der Waals surface area contributed by atoms with E-state index in [2.05, 4.69) is 5.32 Å². The monoisotopic (exact) mass is 394 g/mol. The van der Waals surface area contributed by atoms with Gasteiger partial charge in [0.2, 0.25) is 11.8 Å². The number of hydrogen-bond acceptors (Lipinski definition) is 5. The molecule has 2 amide bonds. The van der Waals surface area contributed by atoms with Crippen LogP contribution in [0.25, 0.3) is 0 Å². The molecule has 27 heavy (non-hydrogen) atoms. The Hall–Kier alpha value is -1.89. The first-order valence-electron chi connectivity index (χ1n) is 9.32. The molecule has 1 aliphatic carbocycles. The van der Waals surface area contributed by atoms with E-state index in [9.17, 15) is 9.59 Å². The van der Waals surface area contributed by atoms with Gasteiger partial charge in [-0.15, -0.1) is 11.8 Å². The lowest BCUT2D eigenvalue weighted by molar-refractivity contribution is -0.129. The second-order valence-corrected chi connectivity index (χ2v) is 7.85. The fourth-order valence-electron chi connectivity index (χ4n) is 3.31. The molecule has 1 aromatic carbocycles. The number of amides is 2. The van der Waals surface area contributed by atoms with Gasteiger partial charge in [0.1, 0.15) is 0 Å². The smallest absolute Gasteiger partial charge is 0.234 e. The Labute approximate surface area is 166 Å². The molecule has 0 saturated heterocycles. The zero-order valence-electron chi connectivity index (χ0n) is 16.7. The normalized spacial score (nSPS) is 14.5. The number of rotatable bonds is 8. The third-order valence-electron chi connectivity index (χ3n) is 4.98. The first-order chi connectivity index (χ1) is 13.0. The van der Waals surface area contributed by atoms with E-state index < -0.39 is 0 Å². The number of hydrogen-bond donors (Lipinski definition) is 1. The largest absolute Gasteiger partial charge is 0.493 e. The highest BCUT2D eigenvalue weighted by molar-refractivity contribution is 8.00. The molecule has 2 rings (SSSR count). The van der Waals surface area contributed by atoms with Gasteiger partial charge in [0.25, 0.3) is 0 Å². The Morgan fingerprint density at radius 3 is 2.37 bits per heavy atom. The van der Waals surface area contributed by atoms with Gasteiger partial charge in [0, 0.05) is 24.8 Å². The van der Waals surface area contributed by atoms with Crippen molar-refractivity contribution in [1.82, 2.24) is 4.90 Å². The summed E-state index contributed by atoms with van der Waals surface area (Å²) in [5, 5.41) is 2.88. The number of anilines is 1. The van der Waals surface area contributed by atoms with Crippen molar-refractivity contribution in [3.63, 3.8) is 0 Å². The van der Waals surface area contributed by atoms with Crippen LogP contribution in [-0.2, 0) is 9.59 Å². The quantitative estimate of drug-likeness (QED) is 0.731. The van der Waals surface area contributed by atoms with E-state index in [-0.39, 0.29) is 17.6 Å². The third kappa shape index (κ3) is 6.06. The number of thioether (sulfide) groups is 1. The van der Waals surface area contributed by atoms with E-state index in [1.165, 1.54) is 31.0 Å². The lowest BCUT2D eigenvalue weighted by atomic mass is 9.94. The van der Waals surface area contributed by atoms with Crippen LogP contribution >= 0.6 is 11.8 Å². The van der Waals surface area contributed by atoms with Gasteiger partial charge in [0.05, 0.1) is 25.7 Å². The molecule has 1 saturated carbocycles. The van der Waals surface area contributed by atoms with E-state index >= 15 is 0 Å². The maximum Gasteiger partial charge on any atom is 0.234 e. The summed E-state index contributed by atoms with van der Waals surface area (Å²) in [7, 11) is 5.02. The highest BCUT2D eigenvalue weighted by atomic mass is 32.2. The molecule has 1 N–H and O–H groups in total. The summed E-state index contributed by atoms with van der Waals surface area (Å²) in [4.78, 5) is 26.4. The van der Waals surface area contributed by atoms with Crippen LogP contribution in [0.15, 0.2) is 12.1 Å². The molecule has 7 heteroatoms. The number of ether oxygens (including phenoxy) is 2. The Morgan fingerprint density at radius 2 is 1.74 bits per heavy atom. The maximum atomic E-state index is 12.3. The van der Waals surface area contributed by atoms with Crippen molar-refractivity contribution >= 4 is 29.3 Å². The van der Waals surface area contributed by atoms with Crippen molar-refractivity contribution < 1.29 is 19.1 Å². The fraction of sp³-hybridized carbons (Fsp3) is 0.600. The topological polar surface area (TPSA) is 67.9 Å². The minimum Gasteiger partial charge on any atom is -0.493 e. The maximum absolute atomic E-state index is 12.3. The van der Waals surface area contributed by atoms with Gasteiger partial charge in [-0.2, -0.15) is 0 Å². The number of benzene rings is 1. The lowest BCUT2D eigenvalue weighted by Gasteiger charge is -2.31. The predicted octanol–water partition coefficient (Wildman–Crippen LogP) is 3.48. The highest BCUT2D eigenvalue weighted by Gasteiger charge is 2.22. The summed E-state index contributed by atoms with van der Waals surface area (Å²) >= 11 is 1.35. The van der Waals surface area contributed by atoms with E-state index in [1.807, 2.05) is 24.9 Å². The zero-order chi connectivity index (χ0) is 19.8. The molecule has 0 unspecified atom stereocenters. The van der Waals surface area contributed by atoms with E-state index in [1.54, 1.807) is 20.3 Å². The minimum absolute atomic E-state index is 0.0991. The Balaban J connectivity index is 1.81. The molecule has 1 fully saturated rings. The van der Waals surface area contributed by atoms with Gasteiger partial charge < -0.3 is 19.7 Å². The van der Waals surface area contributed by atoms with Gasteiger partial charge in [-0.3, -0.25) is 9.59 Å². The summed E-state index contributed by atoms with van der Waals surface area (Å²) < 4.78 is 10.5. The highest BCUT2D eigenvalue weighted by Crippen LogP contribution is 2.33. The molecule has 0 aliphatic heterocycles. The Bertz CT molecular complexity index is 660. The average Bonchev–Trinajstić information content (AvgIpc) is 2.69. The molecule has 0 heterocycles. The number of nitrogens with one attached hydrogen (secondary N) is 1. The number of carbonyl (C=O) groups is 2.